The van der Waals surface area contributed by atoms with Gasteiger partial charge < -0.3 is 5.73 Å². The quantitative estimate of drug-likeness (QED) is 0.849. The fourth-order valence-corrected chi connectivity index (χ4v) is 3.17. The molecule has 1 aromatic rings. The maximum Gasteiger partial charge on any atom is 0.0928 e. The van der Waals surface area contributed by atoms with Gasteiger partial charge >= 0.3 is 0 Å². The molecule has 1 fully saturated rings. The van der Waals surface area contributed by atoms with Gasteiger partial charge in [0, 0.05) is 48.3 Å². The third kappa shape index (κ3) is 3.88. The first-order valence-electron chi connectivity index (χ1n) is 7.02. The molecule has 6 heteroatoms. The minimum absolute atomic E-state index is 0.233. The van der Waals surface area contributed by atoms with Crippen LogP contribution in [0.5, 0.6) is 0 Å². The Labute approximate surface area is 142 Å². The van der Waals surface area contributed by atoms with E-state index in [1.807, 2.05) is 18.2 Å². The van der Waals surface area contributed by atoms with Crippen molar-refractivity contribution in [2.24, 2.45) is 5.73 Å². The highest BCUT2D eigenvalue weighted by Crippen LogP contribution is 2.26. The fraction of sp³-hybridized carbons (Fsp3) is 0.533. The van der Waals surface area contributed by atoms with Crippen LogP contribution in [0.2, 0.25) is 10.0 Å². The zero-order chi connectivity index (χ0) is 15.6. The molecule has 2 rings (SSSR count). The van der Waals surface area contributed by atoms with Crippen LogP contribution < -0.4 is 5.73 Å². The van der Waals surface area contributed by atoms with Crippen LogP contribution in [0.1, 0.15) is 19.4 Å². The molecular weight excluding hydrogens is 325 g/mol. The number of hydrogen-bond acceptors (Lipinski definition) is 3. The largest absolute Gasteiger partial charge is 0.392 e. The number of hydrogen-bond donors (Lipinski definition) is 1. The smallest absolute Gasteiger partial charge is 0.0928 e. The molecule has 0 unspecified atom stereocenters. The van der Waals surface area contributed by atoms with Gasteiger partial charge in [-0.3, -0.25) is 9.80 Å². The Balaban J connectivity index is 1.98. The van der Waals surface area contributed by atoms with Crippen molar-refractivity contribution in [1.29, 1.82) is 0 Å². The first kappa shape index (κ1) is 17.0. The molecule has 1 heterocycles. The number of halogens is 2. The summed E-state index contributed by atoms with van der Waals surface area (Å²) in [6, 6.07) is 5.64. The van der Waals surface area contributed by atoms with Gasteiger partial charge in [0.25, 0.3) is 0 Å². The number of nitrogens with two attached hydrogens (primary N) is 1. The van der Waals surface area contributed by atoms with Crippen LogP contribution in [0.3, 0.4) is 0 Å². The highest BCUT2D eigenvalue weighted by molar-refractivity contribution is 7.80. The minimum atomic E-state index is -0.233. The van der Waals surface area contributed by atoms with Crippen LogP contribution in [-0.2, 0) is 6.54 Å². The Kier molecular flexibility index (Phi) is 5.49. The molecule has 0 bridgehead atoms. The summed E-state index contributed by atoms with van der Waals surface area (Å²) < 4.78 is 0. The van der Waals surface area contributed by atoms with E-state index in [0.29, 0.717) is 4.99 Å². The van der Waals surface area contributed by atoms with Gasteiger partial charge in [-0.25, -0.2) is 0 Å². The Morgan fingerprint density at radius 1 is 1.19 bits per heavy atom. The van der Waals surface area contributed by atoms with E-state index in [9.17, 15) is 0 Å². The molecule has 1 aliphatic heterocycles. The summed E-state index contributed by atoms with van der Waals surface area (Å²) in [6.07, 6.45) is 0. The van der Waals surface area contributed by atoms with Crippen LogP contribution in [-0.4, -0.2) is 46.5 Å². The van der Waals surface area contributed by atoms with Crippen molar-refractivity contribution in [3.63, 3.8) is 0 Å². The summed E-state index contributed by atoms with van der Waals surface area (Å²) in [5.41, 5.74) is 6.61. The standard InChI is InChI=1S/C15H21Cl2N3S/c1-15(2,14(18)21)20-8-6-19(7-9-20)10-11-12(16)4-3-5-13(11)17/h3-5H,6-10H2,1-2H3,(H2,18,21). The molecule has 0 amide bonds. The predicted molar refractivity (Wildman–Crippen MR) is 94.2 cm³/mol. The Morgan fingerprint density at radius 2 is 1.71 bits per heavy atom. The zero-order valence-corrected chi connectivity index (χ0v) is 14.7. The third-order valence-corrected chi connectivity index (χ3v) is 5.42. The fourth-order valence-electron chi connectivity index (χ4n) is 2.53. The van der Waals surface area contributed by atoms with E-state index >= 15 is 0 Å². The lowest BCUT2D eigenvalue weighted by atomic mass is 10.0. The number of thiocarbonyl (C=S) groups is 1. The van der Waals surface area contributed by atoms with Crippen LogP contribution in [0.25, 0.3) is 0 Å². The molecule has 116 valence electrons. The average Bonchev–Trinajstić information content (AvgIpc) is 2.43. The topological polar surface area (TPSA) is 32.5 Å². The van der Waals surface area contributed by atoms with E-state index in [1.165, 1.54) is 0 Å². The summed E-state index contributed by atoms with van der Waals surface area (Å²) >= 11 is 17.6. The van der Waals surface area contributed by atoms with Gasteiger partial charge in [-0.1, -0.05) is 41.5 Å². The van der Waals surface area contributed by atoms with E-state index in [0.717, 1.165) is 48.3 Å². The maximum atomic E-state index is 6.24. The Hall–Kier alpha value is -0.390. The SMILES string of the molecule is CC(C)(C(N)=S)N1CCN(Cc2c(Cl)cccc2Cl)CC1. The van der Waals surface area contributed by atoms with Crippen LogP contribution >= 0.6 is 35.4 Å². The van der Waals surface area contributed by atoms with E-state index in [2.05, 4.69) is 23.6 Å². The average molecular weight is 346 g/mol. The van der Waals surface area contributed by atoms with Gasteiger partial charge in [0.05, 0.1) is 10.5 Å². The molecule has 1 aliphatic rings. The van der Waals surface area contributed by atoms with Gasteiger partial charge in [-0.05, 0) is 26.0 Å². The van der Waals surface area contributed by atoms with Gasteiger partial charge in [-0.2, -0.15) is 0 Å². The summed E-state index contributed by atoms with van der Waals surface area (Å²) in [7, 11) is 0. The lowest BCUT2D eigenvalue weighted by Crippen LogP contribution is -2.59. The highest BCUT2D eigenvalue weighted by atomic mass is 35.5. The van der Waals surface area contributed by atoms with Crippen molar-refractivity contribution in [3.8, 4) is 0 Å². The summed E-state index contributed by atoms with van der Waals surface area (Å²) in [6.45, 7) is 8.71. The number of rotatable bonds is 4. The van der Waals surface area contributed by atoms with Crippen LogP contribution in [0.4, 0.5) is 0 Å². The molecule has 0 aliphatic carbocycles. The van der Waals surface area contributed by atoms with Crippen molar-refractivity contribution in [2.45, 2.75) is 25.9 Å². The van der Waals surface area contributed by atoms with E-state index in [1.54, 1.807) is 0 Å². The van der Waals surface area contributed by atoms with Gasteiger partial charge in [0.2, 0.25) is 0 Å². The van der Waals surface area contributed by atoms with Crippen LogP contribution in [0, 0.1) is 0 Å². The number of nitrogens with zero attached hydrogens (tertiary/aromatic N) is 2. The van der Waals surface area contributed by atoms with Crippen LogP contribution in [0.15, 0.2) is 18.2 Å². The second-order valence-corrected chi connectivity index (χ2v) is 7.14. The molecule has 0 radical (unpaired) electrons. The predicted octanol–water partition coefficient (Wildman–Crippen LogP) is 3.18. The number of piperazine rings is 1. The third-order valence-electron chi connectivity index (χ3n) is 4.21. The van der Waals surface area contributed by atoms with Crippen molar-refractivity contribution in [2.75, 3.05) is 26.2 Å². The molecule has 0 aromatic heterocycles. The first-order valence-corrected chi connectivity index (χ1v) is 8.19. The molecule has 0 saturated carbocycles. The molecule has 1 saturated heterocycles. The van der Waals surface area contributed by atoms with E-state index in [-0.39, 0.29) is 5.54 Å². The second kappa shape index (κ2) is 6.80. The highest BCUT2D eigenvalue weighted by Gasteiger charge is 2.32. The van der Waals surface area contributed by atoms with Gasteiger partial charge in [0.15, 0.2) is 0 Å². The normalized spacial score (nSPS) is 17.9. The van der Waals surface area contributed by atoms with Gasteiger partial charge in [-0.15, -0.1) is 0 Å². The molecule has 3 nitrogen and oxygen atoms in total. The molecule has 1 aromatic carbocycles. The lowest BCUT2D eigenvalue weighted by Gasteiger charge is -2.43. The Bertz CT molecular complexity index is 505. The molecule has 0 spiro atoms. The second-order valence-electron chi connectivity index (χ2n) is 5.89. The van der Waals surface area contributed by atoms with Crippen molar-refractivity contribution in [1.82, 2.24) is 9.80 Å². The summed E-state index contributed by atoms with van der Waals surface area (Å²) in [5, 5.41) is 1.46. The van der Waals surface area contributed by atoms with Crippen molar-refractivity contribution in [3.05, 3.63) is 33.8 Å². The number of benzene rings is 1. The minimum Gasteiger partial charge on any atom is -0.392 e. The summed E-state index contributed by atoms with van der Waals surface area (Å²) in [5.74, 6) is 0. The zero-order valence-electron chi connectivity index (χ0n) is 12.4. The molecular formula is C15H21Cl2N3S. The van der Waals surface area contributed by atoms with E-state index < -0.39 is 0 Å². The summed E-state index contributed by atoms with van der Waals surface area (Å²) in [4.78, 5) is 5.24. The molecule has 2 N–H and O–H groups in total. The van der Waals surface area contributed by atoms with Gasteiger partial charge in [0.1, 0.15) is 0 Å². The lowest BCUT2D eigenvalue weighted by molar-refractivity contribution is 0.0821. The Morgan fingerprint density at radius 3 is 2.19 bits per heavy atom. The van der Waals surface area contributed by atoms with Crippen molar-refractivity contribution >= 4 is 40.4 Å². The first-order chi connectivity index (χ1) is 9.82. The maximum absolute atomic E-state index is 6.24. The molecule has 21 heavy (non-hydrogen) atoms. The monoisotopic (exact) mass is 345 g/mol. The van der Waals surface area contributed by atoms with Crippen molar-refractivity contribution < 1.29 is 0 Å². The molecule has 0 atom stereocenters. The van der Waals surface area contributed by atoms with E-state index in [4.69, 9.17) is 41.2 Å².